The summed E-state index contributed by atoms with van der Waals surface area (Å²) in [6.07, 6.45) is 5.23. The maximum atomic E-state index is 11.6. The van der Waals surface area contributed by atoms with E-state index in [2.05, 4.69) is 9.88 Å². The molecule has 0 radical (unpaired) electrons. The van der Waals surface area contributed by atoms with E-state index in [0.717, 1.165) is 43.6 Å². The second-order valence-electron chi connectivity index (χ2n) is 4.58. The molecular formula is C12H18N2O2S. The van der Waals surface area contributed by atoms with E-state index in [-0.39, 0.29) is 0 Å². The fraction of sp³-hybridized carbons (Fsp3) is 0.667. The van der Waals surface area contributed by atoms with Gasteiger partial charge in [0.1, 0.15) is 5.54 Å². The summed E-state index contributed by atoms with van der Waals surface area (Å²) in [4.78, 5) is 18.9. The summed E-state index contributed by atoms with van der Waals surface area (Å²) in [6.45, 7) is 3.65. The standard InChI is InChI=1S/C12H18N2O2S/c1-2-4-12(11(15)16)5-3-6-14(12)8-10-7-13-9-17-10/h7,9H,2-6,8H2,1H3,(H,15,16). The van der Waals surface area contributed by atoms with Crippen molar-refractivity contribution in [3.63, 3.8) is 0 Å². The van der Waals surface area contributed by atoms with Gasteiger partial charge in [0, 0.05) is 17.6 Å². The quantitative estimate of drug-likeness (QED) is 0.876. The first-order valence-corrected chi connectivity index (χ1v) is 6.93. The van der Waals surface area contributed by atoms with Crippen LogP contribution in [0.25, 0.3) is 0 Å². The van der Waals surface area contributed by atoms with Crippen LogP contribution in [0, 0.1) is 0 Å². The fourth-order valence-corrected chi connectivity index (χ4v) is 3.33. The number of carboxylic acid groups (broad SMARTS) is 1. The highest BCUT2D eigenvalue weighted by Gasteiger charge is 2.46. The number of nitrogens with zero attached hydrogens (tertiary/aromatic N) is 2. The van der Waals surface area contributed by atoms with Crippen LogP contribution in [0.1, 0.15) is 37.5 Å². The molecule has 0 aromatic carbocycles. The van der Waals surface area contributed by atoms with Gasteiger partial charge in [-0.25, -0.2) is 0 Å². The Bertz CT molecular complexity index is 380. The molecule has 1 saturated heterocycles. The molecule has 17 heavy (non-hydrogen) atoms. The van der Waals surface area contributed by atoms with Crippen molar-refractivity contribution in [3.05, 3.63) is 16.6 Å². The number of carbonyl (C=O) groups is 1. The van der Waals surface area contributed by atoms with Gasteiger partial charge in [0.15, 0.2) is 0 Å². The average Bonchev–Trinajstić information content (AvgIpc) is 2.91. The highest BCUT2D eigenvalue weighted by atomic mass is 32.1. The number of aromatic nitrogens is 1. The number of aliphatic carboxylic acids is 1. The van der Waals surface area contributed by atoms with E-state index in [1.165, 1.54) is 0 Å². The van der Waals surface area contributed by atoms with Gasteiger partial charge in [0.25, 0.3) is 0 Å². The third kappa shape index (κ3) is 2.35. The molecule has 1 fully saturated rings. The van der Waals surface area contributed by atoms with Crippen LogP contribution in [-0.4, -0.2) is 33.0 Å². The lowest BCUT2D eigenvalue weighted by molar-refractivity contribution is -0.150. The van der Waals surface area contributed by atoms with Crippen molar-refractivity contribution in [3.8, 4) is 0 Å². The number of thiazole rings is 1. The largest absolute Gasteiger partial charge is 0.480 e. The monoisotopic (exact) mass is 254 g/mol. The minimum atomic E-state index is -0.665. The van der Waals surface area contributed by atoms with Gasteiger partial charge in [-0.1, -0.05) is 13.3 Å². The molecule has 5 heteroatoms. The average molecular weight is 254 g/mol. The molecule has 1 atom stereocenters. The van der Waals surface area contributed by atoms with E-state index in [9.17, 15) is 9.90 Å². The summed E-state index contributed by atoms with van der Waals surface area (Å²) < 4.78 is 0. The molecule has 1 N–H and O–H groups in total. The maximum Gasteiger partial charge on any atom is 0.324 e. The van der Waals surface area contributed by atoms with Crippen LogP contribution in [0.15, 0.2) is 11.7 Å². The Kier molecular flexibility index (Phi) is 3.79. The molecule has 0 spiro atoms. The second kappa shape index (κ2) is 5.14. The van der Waals surface area contributed by atoms with Gasteiger partial charge in [-0.2, -0.15) is 0 Å². The zero-order valence-electron chi connectivity index (χ0n) is 10.1. The lowest BCUT2D eigenvalue weighted by atomic mass is 9.90. The van der Waals surface area contributed by atoms with Crippen LogP contribution >= 0.6 is 11.3 Å². The van der Waals surface area contributed by atoms with Crippen molar-refractivity contribution in [1.82, 2.24) is 9.88 Å². The lowest BCUT2D eigenvalue weighted by Crippen LogP contribution is -2.49. The van der Waals surface area contributed by atoms with Crippen LogP contribution in [0.3, 0.4) is 0 Å². The Morgan fingerprint density at radius 3 is 3.12 bits per heavy atom. The van der Waals surface area contributed by atoms with Crippen molar-refractivity contribution in [2.45, 2.75) is 44.7 Å². The fourth-order valence-electron chi connectivity index (χ4n) is 2.72. The molecule has 4 nitrogen and oxygen atoms in total. The number of rotatable bonds is 5. The first-order valence-electron chi connectivity index (χ1n) is 6.05. The molecule has 1 aliphatic rings. The topological polar surface area (TPSA) is 53.4 Å². The van der Waals surface area contributed by atoms with Gasteiger partial charge in [-0.05, 0) is 25.8 Å². The summed E-state index contributed by atoms with van der Waals surface area (Å²) in [6, 6.07) is 0. The Balaban J connectivity index is 2.16. The molecule has 94 valence electrons. The number of carboxylic acids is 1. The highest BCUT2D eigenvalue weighted by Crippen LogP contribution is 2.35. The van der Waals surface area contributed by atoms with E-state index in [1.54, 1.807) is 16.8 Å². The first kappa shape index (κ1) is 12.5. The molecule has 0 aliphatic carbocycles. The van der Waals surface area contributed by atoms with Crippen molar-refractivity contribution in [2.75, 3.05) is 6.54 Å². The molecule has 0 bridgehead atoms. The van der Waals surface area contributed by atoms with E-state index in [1.807, 2.05) is 13.1 Å². The minimum Gasteiger partial charge on any atom is -0.480 e. The third-order valence-corrected chi connectivity index (χ3v) is 4.28. The third-order valence-electron chi connectivity index (χ3n) is 3.52. The molecule has 1 aromatic rings. The van der Waals surface area contributed by atoms with E-state index >= 15 is 0 Å². The van der Waals surface area contributed by atoms with Gasteiger partial charge in [0.05, 0.1) is 5.51 Å². The smallest absolute Gasteiger partial charge is 0.324 e. The SMILES string of the molecule is CCCC1(C(=O)O)CCCN1Cc1cncs1. The van der Waals surface area contributed by atoms with Gasteiger partial charge >= 0.3 is 5.97 Å². The molecule has 2 rings (SSSR count). The van der Waals surface area contributed by atoms with Crippen LogP contribution in [0.2, 0.25) is 0 Å². The Morgan fingerprint density at radius 1 is 1.71 bits per heavy atom. The number of likely N-dealkylation sites (tertiary alicyclic amines) is 1. The number of hydrogen-bond donors (Lipinski definition) is 1. The van der Waals surface area contributed by atoms with E-state index in [0.29, 0.717) is 0 Å². The van der Waals surface area contributed by atoms with E-state index < -0.39 is 11.5 Å². The van der Waals surface area contributed by atoms with Crippen LogP contribution in [0.5, 0.6) is 0 Å². The Morgan fingerprint density at radius 2 is 2.53 bits per heavy atom. The number of hydrogen-bond acceptors (Lipinski definition) is 4. The van der Waals surface area contributed by atoms with Crippen molar-refractivity contribution < 1.29 is 9.90 Å². The zero-order chi connectivity index (χ0) is 12.3. The molecule has 0 amide bonds. The molecule has 1 aromatic heterocycles. The second-order valence-corrected chi connectivity index (χ2v) is 5.55. The van der Waals surface area contributed by atoms with Crippen molar-refractivity contribution >= 4 is 17.3 Å². The summed E-state index contributed by atoms with van der Waals surface area (Å²) >= 11 is 1.59. The Hall–Kier alpha value is -0.940. The van der Waals surface area contributed by atoms with Gasteiger partial charge in [-0.15, -0.1) is 11.3 Å². The molecular weight excluding hydrogens is 236 g/mol. The summed E-state index contributed by atoms with van der Waals surface area (Å²) in [5.41, 5.74) is 1.16. The van der Waals surface area contributed by atoms with Crippen LogP contribution in [-0.2, 0) is 11.3 Å². The summed E-state index contributed by atoms with van der Waals surface area (Å²) in [7, 11) is 0. The molecule has 1 aliphatic heterocycles. The summed E-state index contributed by atoms with van der Waals surface area (Å²) in [5, 5.41) is 9.54. The van der Waals surface area contributed by atoms with Gasteiger partial charge in [0.2, 0.25) is 0 Å². The lowest BCUT2D eigenvalue weighted by Gasteiger charge is -2.34. The van der Waals surface area contributed by atoms with Gasteiger partial charge in [-0.3, -0.25) is 14.7 Å². The van der Waals surface area contributed by atoms with Gasteiger partial charge < -0.3 is 5.11 Å². The first-order chi connectivity index (χ1) is 8.19. The predicted molar refractivity (Wildman–Crippen MR) is 67.0 cm³/mol. The molecule has 0 saturated carbocycles. The van der Waals surface area contributed by atoms with Crippen LogP contribution < -0.4 is 0 Å². The molecule has 1 unspecified atom stereocenters. The zero-order valence-corrected chi connectivity index (χ0v) is 10.9. The Labute approximate surface area is 105 Å². The summed E-state index contributed by atoms with van der Waals surface area (Å²) in [5.74, 6) is -0.665. The van der Waals surface area contributed by atoms with Crippen molar-refractivity contribution in [1.29, 1.82) is 0 Å². The maximum absolute atomic E-state index is 11.6. The van der Waals surface area contributed by atoms with Crippen molar-refractivity contribution in [2.24, 2.45) is 0 Å². The van der Waals surface area contributed by atoms with E-state index in [4.69, 9.17) is 0 Å². The predicted octanol–water partition coefficient (Wildman–Crippen LogP) is 2.36. The normalized spacial score (nSPS) is 25.2. The van der Waals surface area contributed by atoms with Crippen LogP contribution in [0.4, 0.5) is 0 Å². The minimum absolute atomic E-state index is 0.640. The highest BCUT2D eigenvalue weighted by molar-refractivity contribution is 7.09. The molecule has 2 heterocycles.